The van der Waals surface area contributed by atoms with E-state index in [1.807, 2.05) is 24.3 Å². The summed E-state index contributed by atoms with van der Waals surface area (Å²) in [7, 11) is 0. The summed E-state index contributed by atoms with van der Waals surface area (Å²) in [4.78, 5) is 11.8. The van der Waals surface area contributed by atoms with Crippen molar-refractivity contribution in [2.24, 2.45) is 0 Å². The van der Waals surface area contributed by atoms with Crippen LogP contribution in [0.25, 0.3) is 0 Å². The second kappa shape index (κ2) is 7.33. The van der Waals surface area contributed by atoms with E-state index in [1.54, 1.807) is 24.3 Å². The van der Waals surface area contributed by atoms with Crippen LogP contribution in [0.4, 0.5) is 11.4 Å². The molecule has 2 aromatic rings. The van der Waals surface area contributed by atoms with Crippen molar-refractivity contribution < 1.29 is 9.53 Å². The Kier molecular flexibility index (Phi) is 5.21. The van der Waals surface area contributed by atoms with Crippen LogP contribution in [-0.4, -0.2) is 12.5 Å². The molecule has 0 bridgehead atoms. The Labute approximate surface area is 124 Å². The van der Waals surface area contributed by atoms with Gasteiger partial charge in [-0.2, -0.15) is 0 Å². The van der Waals surface area contributed by atoms with Gasteiger partial charge < -0.3 is 15.8 Å². The van der Waals surface area contributed by atoms with Crippen LogP contribution in [0.2, 0.25) is 0 Å². The molecule has 0 radical (unpaired) electrons. The molecule has 0 spiro atoms. The molecule has 0 unspecified atom stereocenters. The van der Waals surface area contributed by atoms with Gasteiger partial charge in [0.25, 0.3) is 0 Å². The van der Waals surface area contributed by atoms with Gasteiger partial charge in [-0.3, -0.25) is 4.79 Å². The summed E-state index contributed by atoms with van der Waals surface area (Å²) in [6, 6.07) is 15.0. The molecule has 4 nitrogen and oxygen atoms in total. The van der Waals surface area contributed by atoms with Gasteiger partial charge in [0.05, 0.1) is 13.0 Å². The van der Waals surface area contributed by atoms with Crippen molar-refractivity contribution in [3.05, 3.63) is 54.1 Å². The number of nitrogens with two attached hydrogens (primary N) is 1. The lowest BCUT2D eigenvalue weighted by molar-refractivity contribution is -0.116. The van der Waals surface area contributed by atoms with Gasteiger partial charge in [0, 0.05) is 11.4 Å². The number of hydrogen-bond donors (Lipinski definition) is 2. The number of benzene rings is 2. The molecule has 2 rings (SSSR count). The predicted molar refractivity (Wildman–Crippen MR) is 85.4 cm³/mol. The monoisotopic (exact) mass is 284 g/mol. The van der Waals surface area contributed by atoms with Gasteiger partial charge in [-0.15, -0.1) is 0 Å². The number of ether oxygens (including phenoxy) is 1. The summed E-state index contributed by atoms with van der Waals surface area (Å²) in [6.45, 7) is 2.45. The quantitative estimate of drug-likeness (QED) is 0.800. The highest BCUT2D eigenvalue weighted by Gasteiger charge is 2.03. The van der Waals surface area contributed by atoms with Gasteiger partial charge >= 0.3 is 0 Å². The molecule has 110 valence electrons. The molecule has 0 aromatic heterocycles. The summed E-state index contributed by atoms with van der Waals surface area (Å²) < 4.78 is 5.55. The third kappa shape index (κ3) is 4.84. The molecule has 0 fully saturated rings. The number of nitrogen functional groups attached to an aromatic ring is 1. The van der Waals surface area contributed by atoms with Crippen molar-refractivity contribution in [2.45, 2.75) is 19.8 Å². The molecular weight excluding hydrogens is 264 g/mol. The van der Waals surface area contributed by atoms with Gasteiger partial charge in [-0.1, -0.05) is 25.1 Å². The smallest absolute Gasteiger partial charge is 0.227 e. The van der Waals surface area contributed by atoms with Crippen molar-refractivity contribution in [2.75, 3.05) is 17.7 Å². The highest BCUT2D eigenvalue weighted by atomic mass is 16.5. The average Bonchev–Trinajstić information content (AvgIpc) is 2.48. The minimum Gasteiger partial charge on any atom is -0.493 e. The van der Waals surface area contributed by atoms with Gasteiger partial charge in [0.15, 0.2) is 0 Å². The van der Waals surface area contributed by atoms with E-state index in [4.69, 9.17) is 10.5 Å². The number of nitrogens with one attached hydrogen (secondary N) is 1. The summed E-state index contributed by atoms with van der Waals surface area (Å²) in [5.41, 5.74) is 8.25. The van der Waals surface area contributed by atoms with Crippen LogP contribution in [0.15, 0.2) is 48.5 Å². The van der Waals surface area contributed by atoms with Crippen LogP contribution in [-0.2, 0) is 11.2 Å². The maximum atomic E-state index is 11.8. The van der Waals surface area contributed by atoms with Crippen LogP contribution in [0.5, 0.6) is 5.75 Å². The summed E-state index contributed by atoms with van der Waals surface area (Å²) in [6.07, 6.45) is 1.30. The molecule has 0 aliphatic carbocycles. The number of hydrogen-bond acceptors (Lipinski definition) is 3. The van der Waals surface area contributed by atoms with Crippen molar-refractivity contribution in [1.29, 1.82) is 0 Å². The predicted octanol–water partition coefficient (Wildman–Crippen LogP) is 3.24. The number of rotatable bonds is 6. The first kappa shape index (κ1) is 14.9. The highest BCUT2D eigenvalue weighted by Crippen LogP contribution is 2.14. The lowest BCUT2D eigenvalue weighted by Gasteiger charge is -2.08. The number of carbonyl (C=O) groups excluding carboxylic acids is 1. The van der Waals surface area contributed by atoms with Crippen LogP contribution in [0.3, 0.4) is 0 Å². The van der Waals surface area contributed by atoms with E-state index in [0.29, 0.717) is 24.4 Å². The van der Waals surface area contributed by atoms with Crippen molar-refractivity contribution in [3.8, 4) is 5.75 Å². The molecule has 0 atom stereocenters. The Morgan fingerprint density at radius 2 is 1.95 bits per heavy atom. The average molecular weight is 284 g/mol. The van der Waals surface area contributed by atoms with Crippen LogP contribution in [0.1, 0.15) is 18.9 Å². The summed E-state index contributed by atoms with van der Waals surface area (Å²) >= 11 is 0. The first-order chi connectivity index (χ1) is 10.2. The van der Waals surface area contributed by atoms with Gasteiger partial charge in [0.1, 0.15) is 5.75 Å². The van der Waals surface area contributed by atoms with Crippen LogP contribution in [0, 0.1) is 0 Å². The van der Waals surface area contributed by atoms with E-state index >= 15 is 0 Å². The van der Waals surface area contributed by atoms with Crippen molar-refractivity contribution in [3.63, 3.8) is 0 Å². The van der Waals surface area contributed by atoms with Crippen molar-refractivity contribution in [1.82, 2.24) is 0 Å². The Morgan fingerprint density at radius 1 is 1.19 bits per heavy atom. The molecule has 0 saturated heterocycles. The molecule has 0 aliphatic rings. The first-order valence-electron chi connectivity index (χ1n) is 7.04. The lowest BCUT2D eigenvalue weighted by atomic mass is 10.2. The fraction of sp³-hybridized carbons (Fsp3) is 0.235. The van der Waals surface area contributed by atoms with E-state index in [9.17, 15) is 4.79 Å². The van der Waals surface area contributed by atoms with Crippen LogP contribution < -0.4 is 15.8 Å². The lowest BCUT2D eigenvalue weighted by Crippen LogP contribution is -2.15. The third-order valence-electron chi connectivity index (χ3n) is 3.10. The highest BCUT2D eigenvalue weighted by molar-refractivity contribution is 5.91. The molecule has 0 aliphatic heterocycles. The number of carbonyl (C=O) groups is 1. The molecule has 21 heavy (non-hydrogen) atoms. The Hall–Kier alpha value is -2.49. The van der Waals surface area contributed by atoms with Gasteiger partial charge in [-0.25, -0.2) is 0 Å². The molecule has 0 heterocycles. The zero-order chi connectivity index (χ0) is 15.1. The molecule has 2 aromatic carbocycles. The maximum absolute atomic E-state index is 11.8. The molecule has 1 amide bonds. The Bertz CT molecular complexity index is 594. The fourth-order valence-corrected chi connectivity index (χ4v) is 1.92. The van der Waals surface area contributed by atoms with E-state index in [-0.39, 0.29) is 5.91 Å². The van der Waals surface area contributed by atoms with E-state index < -0.39 is 0 Å². The normalized spacial score (nSPS) is 10.1. The number of amides is 1. The van der Waals surface area contributed by atoms with E-state index in [1.165, 1.54) is 5.56 Å². The topological polar surface area (TPSA) is 64.3 Å². The minimum absolute atomic E-state index is 0.0919. The number of aryl methyl sites for hydroxylation is 1. The fourth-order valence-electron chi connectivity index (χ4n) is 1.92. The number of anilines is 2. The molecular formula is C17H20N2O2. The summed E-state index contributed by atoms with van der Waals surface area (Å²) in [5.74, 6) is 0.690. The minimum atomic E-state index is -0.0919. The van der Waals surface area contributed by atoms with E-state index in [0.717, 1.165) is 12.2 Å². The zero-order valence-electron chi connectivity index (χ0n) is 12.1. The third-order valence-corrected chi connectivity index (χ3v) is 3.10. The molecule has 0 saturated carbocycles. The van der Waals surface area contributed by atoms with Gasteiger partial charge in [-0.05, 0) is 42.3 Å². The SMILES string of the molecule is CCc1ccc(OCCC(=O)Nc2cccc(N)c2)cc1. The maximum Gasteiger partial charge on any atom is 0.227 e. The Balaban J connectivity index is 1.76. The van der Waals surface area contributed by atoms with Crippen molar-refractivity contribution >= 4 is 17.3 Å². The second-order valence-electron chi connectivity index (χ2n) is 4.77. The Morgan fingerprint density at radius 3 is 2.62 bits per heavy atom. The molecule has 4 heteroatoms. The standard InChI is InChI=1S/C17H20N2O2/c1-2-13-6-8-16(9-7-13)21-11-10-17(20)19-15-5-3-4-14(18)12-15/h3-9,12H,2,10-11,18H2,1H3,(H,19,20). The van der Waals surface area contributed by atoms with E-state index in [2.05, 4.69) is 12.2 Å². The first-order valence-corrected chi connectivity index (χ1v) is 7.04. The summed E-state index contributed by atoms with van der Waals surface area (Å²) in [5, 5.41) is 2.79. The molecule has 3 N–H and O–H groups in total. The largest absolute Gasteiger partial charge is 0.493 e. The van der Waals surface area contributed by atoms with Gasteiger partial charge in [0.2, 0.25) is 5.91 Å². The second-order valence-corrected chi connectivity index (χ2v) is 4.77. The zero-order valence-corrected chi connectivity index (χ0v) is 12.1. The van der Waals surface area contributed by atoms with Crippen LogP contribution >= 0.6 is 0 Å².